The average molecular weight is 383 g/mol. The van der Waals surface area contributed by atoms with E-state index in [1.54, 1.807) is 7.11 Å². The van der Waals surface area contributed by atoms with Gasteiger partial charge in [-0.15, -0.1) is 5.10 Å². The van der Waals surface area contributed by atoms with Crippen molar-refractivity contribution >= 4 is 34.7 Å². The van der Waals surface area contributed by atoms with E-state index in [4.69, 9.17) is 13.9 Å². The number of fused-ring (bicyclic) bond motifs is 1. The number of oxazole rings is 1. The fraction of sp³-hybridized carbons (Fsp3) is 0.211. The highest BCUT2D eigenvalue weighted by Crippen LogP contribution is 2.35. The summed E-state index contributed by atoms with van der Waals surface area (Å²) < 4.78 is 17.0. The highest BCUT2D eigenvalue weighted by molar-refractivity contribution is 7.99. The van der Waals surface area contributed by atoms with Crippen molar-refractivity contribution < 1.29 is 18.7 Å². The minimum atomic E-state index is -0.655. The van der Waals surface area contributed by atoms with Gasteiger partial charge in [0.1, 0.15) is 11.3 Å². The molecule has 1 unspecified atom stereocenters. The standard InChI is InChI=1S/C19H17N3O4S/c1-12(23)22-18(13-7-3-5-9-15(13)24-2)26-17(21-22)11-27-19-20-14-8-4-6-10-16(14)25-19/h3-10,18H,11H2,1-2H3. The first-order valence-electron chi connectivity index (χ1n) is 8.31. The number of methoxy groups -OCH3 is 1. The van der Waals surface area contributed by atoms with Gasteiger partial charge in [0.15, 0.2) is 5.58 Å². The number of carbonyl (C=O) groups excluding carboxylic acids is 1. The molecule has 7 nitrogen and oxygen atoms in total. The van der Waals surface area contributed by atoms with Crippen molar-refractivity contribution in [2.75, 3.05) is 12.9 Å². The lowest BCUT2D eigenvalue weighted by molar-refractivity contribution is -0.135. The van der Waals surface area contributed by atoms with E-state index in [1.165, 1.54) is 23.7 Å². The first-order valence-corrected chi connectivity index (χ1v) is 9.29. The number of nitrogens with zero attached hydrogens (tertiary/aromatic N) is 3. The van der Waals surface area contributed by atoms with Crippen molar-refractivity contribution in [3.63, 3.8) is 0 Å². The summed E-state index contributed by atoms with van der Waals surface area (Å²) in [6, 6.07) is 15.0. The van der Waals surface area contributed by atoms with Gasteiger partial charge in [0.2, 0.25) is 18.0 Å². The molecule has 1 atom stereocenters. The molecule has 0 aliphatic carbocycles. The number of para-hydroxylation sites is 3. The lowest BCUT2D eigenvalue weighted by Crippen LogP contribution is -2.25. The van der Waals surface area contributed by atoms with Crippen molar-refractivity contribution in [1.82, 2.24) is 9.99 Å². The van der Waals surface area contributed by atoms with Crippen LogP contribution in [0.2, 0.25) is 0 Å². The molecule has 0 saturated carbocycles. The molecule has 1 aromatic heterocycles. The molecule has 0 N–H and O–H groups in total. The number of aromatic nitrogens is 1. The average Bonchev–Trinajstić information content (AvgIpc) is 3.30. The number of hydrazone groups is 1. The zero-order valence-corrected chi connectivity index (χ0v) is 15.6. The van der Waals surface area contributed by atoms with Crippen LogP contribution in [0, 0.1) is 0 Å². The van der Waals surface area contributed by atoms with Crippen LogP contribution in [0.15, 0.2) is 63.3 Å². The Labute approximate surface area is 160 Å². The number of thioether (sulfide) groups is 1. The van der Waals surface area contributed by atoms with Gasteiger partial charge in [-0.05, 0) is 24.3 Å². The minimum Gasteiger partial charge on any atom is -0.496 e. The monoisotopic (exact) mass is 383 g/mol. The van der Waals surface area contributed by atoms with Crippen LogP contribution in [0.5, 0.6) is 5.75 Å². The lowest BCUT2D eigenvalue weighted by atomic mass is 10.1. The first kappa shape index (κ1) is 17.4. The Balaban J connectivity index is 1.52. The summed E-state index contributed by atoms with van der Waals surface area (Å²) in [7, 11) is 1.58. The van der Waals surface area contributed by atoms with Gasteiger partial charge in [0, 0.05) is 6.92 Å². The SMILES string of the molecule is COc1ccccc1C1OC(CSc2nc3ccccc3o2)=NN1C(C)=O. The molecule has 1 aliphatic heterocycles. The molecule has 0 saturated heterocycles. The van der Waals surface area contributed by atoms with Crippen LogP contribution in [0.3, 0.4) is 0 Å². The molecule has 27 heavy (non-hydrogen) atoms. The Morgan fingerprint density at radius 2 is 2.00 bits per heavy atom. The third-order valence-electron chi connectivity index (χ3n) is 4.01. The number of amides is 1. The molecule has 1 aliphatic rings. The molecule has 138 valence electrons. The highest BCUT2D eigenvalue weighted by Gasteiger charge is 2.34. The van der Waals surface area contributed by atoms with Crippen LogP contribution >= 0.6 is 11.8 Å². The van der Waals surface area contributed by atoms with Crippen molar-refractivity contribution in [3.8, 4) is 5.75 Å². The van der Waals surface area contributed by atoms with Crippen LogP contribution in [-0.2, 0) is 9.53 Å². The zero-order valence-electron chi connectivity index (χ0n) is 14.8. The van der Waals surface area contributed by atoms with E-state index in [-0.39, 0.29) is 5.91 Å². The van der Waals surface area contributed by atoms with Crippen molar-refractivity contribution in [2.45, 2.75) is 18.4 Å². The summed E-state index contributed by atoms with van der Waals surface area (Å²) in [5, 5.41) is 6.17. The van der Waals surface area contributed by atoms with Gasteiger partial charge in [-0.25, -0.2) is 4.98 Å². The number of ether oxygens (including phenoxy) is 2. The second kappa shape index (κ2) is 7.32. The Kier molecular flexibility index (Phi) is 4.72. The molecule has 8 heteroatoms. The number of benzene rings is 2. The highest BCUT2D eigenvalue weighted by atomic mass is 32.2. The second-order valence-electron chi connectivity index (χ2n) is 5.81. The molecule has 0 radical (unpaired) electrons. The Hall–Kier alpha value is -3.00. The maximum Gasteiger partial charge on any atom is 0.257 e. The summed E-state index contributed by atoms with van der Waals surface area (Å²) in [4.78, 5) is 16.4. The molecular formula is C19H17N3O4S. The van der Waals surface area contributed by atoms with E-state index >= 15 is 0 Å². The summed E-state index contributed by atoms with van der Waals surface area (Å²) in [6.45, 7) is 1.45. The van der Waals surface area contributed by atoms with Crippen molar-refractivity contribution in [1.29, 1.82) is 0 Å². The molecule has 3 aromatic rings. The molecule has 0 bridgehead atoms. The smallest absolute Gasteiger partial charge is 0.257 e. The Morgan fingerprint density at radius 1 is 1.22 bits per heavy atom. The van der Waals surface area contributed by atoms with Crippen LogP contribution in [0.4, 0.5) is 0 Å². The fourth-order valence-electron chi connectivity index (χ4n) is 2.78. The van der Waals surface area contributed by atoms with E-state index in [1.807, 2.05) is 48.5 Å². The van der Waals surface area contributed by atoms with Crippen LogP contribution in [0.1, 0.15) is 18.7 Å². The summed E-state index contributed by atoms with van der Waals surface area (Å²) in [5.41, 5.74) is 2.26. The van der Waals surface area contributed by atoms with E-state index in [0.717, 1.165) is 16.7 Å². The number of carbonyl (C=O) groups is 1. The maximum absolute atomic E-state index is 12.0. The van der Waals surface area contributed by atoms with Crippen LogP contribution in [0.25, 0.3) is 11.1 Å². The van der Waals surface area contributed by atoms with Gasteiger partial charge in [0.25, 0.3) is 5.22 Å². The fourth-order valence-corrected chi connectivity index (χ4v) is 3.46. The summed E-state index contributed by atoms with van der Waals surface area (Å²) >= 11 is 1.36. The second-order valence-corrected chi connectivity index (χ2v) is 6.73. The molecule has 0 fully saturated rings. The van der Waals surface area contributed by atoms with Gasteiger partial charge in [-0.2, -0.15) is 5.01 Å². The number of hydrogen-bond acceptors (Lipinski definition) is 7. The third kappa shape index (κ3) is 3.48. The van der Waals surface area contributed by atoms with E-state index in [0.29, 0.717) is 22.6 Å². The Morgan fingerprint density at radius 3 is 2.78 bits per heavy atom. The number of hydrogen-bond donors (Lipinski definition) is 0. The van der Waals surface area contributed by atoms with Gasteiger partial charge in [-0.3, -0.25) is 4.79 Å². The van der Waals surface area contributed by atoms with Crippen LogP contribution < -0.4 is 4.74 Å². The van der Waals surface area contributed by atoms with E-state index < -0.39 is 6.23 Å². The Bertz CT molecular complexity index is 984. The predicted molar refractivity (Wildman–Crippen MR) is 102 cm³/mol. The van der Waals surface area contributed by atoms with Crippen molar-refractivity contribution in [3.05, 3.63) is 54.1 Å². The lowest BCUT2D eigenvalue weighted by Gasteiger charge is -2.21. The normalized spacial score (nSPS) is 16.3. The molecule has 4 rings (SSSR count). The van der Waals surface area contributed by atoms with Crippen LogP contribution in [-0.4, -0.2) is 34.7 Å². The van der Waals surface area contributed by atoms with Gasteiger partial charge >= 0.3 is 0 Å². The van der Waals surface area contributed by atoms with Gasteiger partial charge < -0.3 is 13.9 Å². The third-order valence-corrected chi connectivity index (χ3v) is 4.82. The van der Waals surface area contributed by atoms with Gasteiger partial charge in [0.05, 0.1) is 18.4 Å². The summed E-state index contributed by atoms with van der Waals surface area (Å²) in [6.07, 6.45) is -0.655. The predicted octanol–water partition coefficient (Wildman–Crippen LogP) is 3.82. The van der Waals surface area contributed by atoms with Gasteiger partial charge in [-0.1, -0.05) is 36.0 Å². The quantitative estimate of drug-likeness (QED) is 0.624. The first-order chi connectivity index (χ1) is 13.2. The maximum atomic E-state index is 12.0. The largest absolute Gasteiger partial charge is 0.496 e. The zero-order chi connectivity index (χ0) is 18.8. The molecule has 1 amide bonds. The topological polar surface area (TPSA) is 77.2 Å². The van der Waals surface area contributed by atoms with E-state index in [9.17, 15) is 4.79 Å². The minimum absolute atomic E-state index is 0.215. The molecule has 2 heterocycles. The van der Waals surface area contributed by atoms with E-state index in [2.05, 4.69) is 10.1 Å². The van der Waals surface area contributed by atoms with Crippen molar-refractivity contribution in [2.24, 2.45) is 5.10 Å². The molecular weight excluding hydrogens is 366 g/mol. The number of rotatable bonds is 5. The molecule has 2 aromatic carbocycles. The summed E-state index contributed by atoms with van der Waals surface area (Å²) in [5.74, 6) is 1.24. The molecule has 0 spiro atoms.